The Morgan fingerprint density at radius 3 is 2.64 bits per heavy atom. The van der Waals surface area contributed by atoms with Crippen LogP contribution in [0.25, 0.3) is 17.4 Å². The average molecular weight is 654 g/mol. The lowest BCUT2D eigenvalue weighted by atomic mass is 9.95. The highest BCUT2D eigenvalue weighted by atomic mass is 79.9. The van der Waals surface area contributed by atoms with E-state index in [1.807, 2.05) is 0 Å². The van der Waals surface area contributed by atoms with Gasteiger partial charge in [-0.2, -0.15) is 0 Å². The number of ether oxygens (including phenoxy) is 3. The van der Waals surface area contributed by atoms with Crippen LogP contribution in [-0.4, -0.2) is 36.3 Å². The van der Waals surface area contributed by atoms with Crippen LogP contribution >= 0.6 is 27.3 Å². The second kappa shape index (κ2) is 11.8. The van der Waals surface area contributed by atoms with E-state index >= 15 is 0 Å². The molecule has 0 radical (unpaired) electrons. The van der Waals surface area contributed by atoms with E-state index in [0.717, 1.165) is 11.3 Å². The molecule has 1 aliphatic rings. The summed E-state index contributed by atoms with van der Waals surface area (Å²) in [5, 5.41) is 11.1. The first-order chi connectivity index (χ1) is 20.2. The minimum Gasteiger partial charge on any atom is -0.497 e. The molecule has 0 fully saturated rings. The average Bonchev–Trinajstić information content (AvgIpc) is 3.55. The summed E-state index contributed by atoms with van der Waals surface area (Å²) >= 11 is 4.51. The van der Waals surface area contributed by atoms with Crippen molar-refractivity contribution in [1.82, 2.24) is 4.57 Å². The van der Waals surface area contributed by atoms with Gasteiger partial charge < -0.3 is 18.6 Å². The largest absolute Gasteiger partial charge is 0.497 e. The predicted octanol–water partition coefficient (Wildman–Crippen LogP) is 4.75. The van der Waals surface area contributed by atoms with Crippen molar-refractivity contribution < 1.29 is 28.3 Å². The quantitative estimate of drug-likeness (QED) is 0.151. The normalized spacial score (nSPS) is 14.8. The number of halogens is 1. The molecule has 0 aliphatic carbocycles. The third kappa shape index (κ3) is 5.28. The highest BCUT2D eigenvalue weighted by molar-refractivity contribution is 9.10. The summed E-state index contributed by atoms with van der Waals surface area (Å²) in [6.45, 7) is 3.55. The molecule has 1 aliphatic heterocycles. The van der Waals surface area contributed by atoms with Gasteiger partial charge in [0.1, 0.15) is 29.1 Å². The summed E-state index contributed by atoms with van der Waals surface area (Å²) in [6, 6.07) is 12.0. The number of hydrogen-bond donors (Lipinski definition) is 0. The van der Waals surface area contributed by atoms with Gasteiger partial charge in [-0.05, 0) is 66.2 Å². The highest BCUT2D eigenvalue weighted by Gasteiger charge is 2.35. The number of nitrogens with zero attached hydrogens (tertiary/aromatic N) is 3. The number of nitro groups is 1. The SMILES string of the molecule is CCOC(=O)C1=C(C)N=c2s/c(=C\c3ccc(-c4ccc([N+](=O)[O-])cc4Br)o3)c(=O)n2C1c1cc(OC)ccc1OC. The summed E-state index contributed by atoms with van der Waals surface area (Å²) in [5.41, 5.74) is 1.33. The van der Waals surface area contributed by atoms with Gasteiger partial charge in [0.25, 0.3) is 11.2 Å². The number of benzene rings is 2. The maximum absolute atomic E-state index is 13.9. The molecule has 0 bridgehead atoms. The molecule has 0 N–H and O–H groups in total. The zero-order valence-corrected chi connectivity index (χ0v) is 25.3. The number of thiazole rings is 1. The Morgan fingerprint density at radius 2 is 1.98 bits per heavy atom. The van der Waals surface area contributed by atoms with Crippen molar-refractivity contribution in [2.75, 3.05) is 20.8 Å². The van der Waals surface area contributed by atoms with Gasteiger partial charge >= 0.3 is 5.97 Å². The van der Waals surface area contributed by atoms with Crippen LogP contribution in [-0.2, 0) is 9.53 Å². The van der Waals surface area contributed by atoms with Gasteiger partial charge in [-0.25, -0.2) is 9.79 Å². The molecule has 1 unspecified atom stereocenters. The summed E-state index contributed by atoms with van der Waals surface area (Å²) < 4.78 is 24.7. The fourth-order valence-electron chi connectivity index (χ4n) is 4.66. The molecule has 2 aromatic carbocycles. The van der Waals surface area contributed by atoms with Crippen LogP contribution in [0.1, 0.15) is 31.2 Å². The monoisotopic (exact) mass is 653 g/mol. The van der Waals surface area contributed by atoms with Crippen LogP contribution in [0.4, 0.5) is 5.69 Å². The van der Waals surface area contributed by atoms with E-state index in [9.17, 15) is 19.7 Å². The van der Waals surface area contributed by atoms with Crippen molar-refractivity contribution in [2.24, 2.45) is 4.99 Å². The Hall–Kier alpha value is -4.49. The van der Waals surface area contributed by atoms with Gasteiger partial charge in [0, 0.05) is 33.8 Å². The van der Waals surface area contributed by atoms with Gasteiger partial charge in [-0.15, -0.1) is 0 Å². The summed E-state index contributed by atoms with van der Waals surface area (Å²) in [5.74, 6) is 1.22. The minimum absolute atomic E-state index is 0.0572. The second-order valence-electron chi connectivity index (χ2n) is 9.03. The van der Waals surface area contributed by atoms with E-state index in [1.54, 1.807) is 56.3 Å². The van der Waals surface area contributed by atoms with E-state index in [1.165, 1.54) is 30.9 Å². The molecule has 0 saturated carbocycles. The fraction of sp³-hybridized carbons (Fsp3) is 0.207. The lowest BCUT2D eigenvalue weighted by molar-refractivity contribution is -0.384. The molecule has 0 spiro atoms. The maximum Gasteiger partial charge on any atom is 0.338 e. The van der Waals surface area contributed by atoms with E-state index in [0.29, 0.717) is 53.6 Å². The molecule has 42 heavy (non-hydrogen) atoms. The minimum atomic E-state index is -0.893. The van der Waals surface area contributed by atoms with Crippen molar-refractivity contribution >= 4 is 45.0 Å². The molecule has 13 heteroatoms. The maximum atomic E-state index is 13.9. The summed E-state index contributed by atoms with van der Waals surface area (Å²) in [6.07, 6.45) is 1.59. The molecular formula is C29H24BrN3O8S. The third-order valence-corrected chi connectivity index (χ3v) is 8.22. The fourth-order valence-corrected chi connectivity index (χ4v) is 6.25. The number of fused-ring (bicyclic) bond motifs is 1. The first-order valence-electron chi connectivity index (χ1n) is 12.6. The van der Waals surface area contributed by atoms with Gasteiger partial charge in [-0.1, -0.05) is 11.3 Å². The van der Waals surface area contributed by atoms with E-state index in [-0.39, 0.29) is 17.9 Å². The van der Waals surface area contributed by atoms with Crippen molar-refractivity contribution in [2.45, 2.75) is 19.9 Å². The number of carbonyl (C=O) groups is 1. The second-order valence-corrected chi connectivity index (χ2v) is 10.9. The first-order valence-corrected chi connectivity index (χ1v) is 14.2. The van der Waals surface area contributed by atoms with Gasteiger partial charge in [0.15, 0.2) is 4.80 Å². The lowest BCUT2D eigenvalue weighted by Gasteiger charge is -2.26. The van der Waals surface area contributed by atoms with Gasteiger partial charge in [0.05, 0.1) is 41.6 Å². The standard InChI is InChI=1S/C29H24BrN3O8S/c1-5-40-28(35)25-15(2)31-29-32(26(25)20-13-17(38-3)7-10-22(20)39-4)27(34)24(42-29)14-18-8-11-23(41-18)19-9-6-16(33(36)37)12-21(19)30/h6-14,26H,5H2,1-4H3/b24-14-. The number of rotatable bonds is 8. The Bertz CT molecular complexity index is 1940. The number of nitro benzene ring substituents is 1. The van der Waals surface area contributed by atoms with Crippen molar-refractivity contribution in [3.8, 4) is 22.8 Å². The Morgan fingerprint density at radius 1 is 1.19 bits per heavy atom. The molecule has 0 saturated heterocycles. The van der Waals surface area contributed by atoms with Crippen LogP contribution in [0.5, 0.6) is 11.5 Å². The Labute approximate surface area is 251 Å². The molecule has 11 nitrogen and oxygen atoms in total. The first kappa shape index (κ1) is 29.0. The highest BCUT2D eigenvalue weighted by Crippen LogP contribution is 2.38. The van der Waals surface area contributed by atoms with Crippen molar-refractivity contribution in [3.05, 3.63) is 105 Å². The van der Waals surface area contributed by atoms with E-state index in [4.69, 9.17) is 18.6 Å². The molecule has 216 valence electrons. The third-order valence-electron chi connectivity index (χ3n) is 6.58. The predicted molar refractivity (Wildman–Crippen MR) is 158 cm³/mol. The number of allylic oxidation sites excluding steroid dienone is 1. The van der Waals surface area contributed by atoms with Crippen LogP contribution in [0.15, 0.2) is 78.5 Å². The van der Waals surface area contributed by atoms with E-state index < -0.39 is 22.5 Å². The van der Waals surface area contributed by atoms with E-state index in [2.05, 4.69) is 20.9 Å². The van der Waals surface area contributed by atoms with Crippen LogP contribution < -0.4 is 24.4 Å². The molecule has 4 aromatic rings. The zero-order chi connectivity index (χ0) is 30.1. The molecule has 1 atom stereocenters. The molecule has 2 aromatic heterocycles. The number of methoxy groups -OCH3 is 2. The molecule has 3 heterocycles. The number of furan rings is 1. The van der Waals surface area contributed by atoms with Crippen molar-refractivity contribution in [3.63, 3.8) is 0 Å². The zero-order valence-electron chi connectivity index (χ0n) is 22.9. The molecular weight excluding hydrogens is 630 g/mol. The van der Waals surface area contributed by atoms with Crippen LogP contribution in [0.2, 0.25) is 0 Å². The van der Waals surface area contributed by atoms with Crippen LogP contribution in [0.3, 0.4) is 0 Å². The number of non-ortho nitro benzene ring substituents is 1. The number of carbonyl (C=O) groups excluding carboxylic acids is 1. The topological polar surface area (TPSA) is 135 Å². The molecule has 0 amide bonds. The number of esters is 1. The Kier molecular flexibility index (Phi) is 8.14. The van der Waals surface area contributed by atoms with Crippen molar-refractivity contribution in [1.29, 1.82) is 0 Å². The lowest BCUT2D eigenvalue weighted by Crippen LogP contribution is -2.40. The number of aromatic nitrogens is 1. The Balaban J connectivity index is 1.65. The summed E-state index contributed by atoms with van der Waals surface area (Å²) in [4.78, 5) is 42.7. The van der Waals surface area contributed by atoms with Gasteiger partial charge in [-0.3, -0.25) is 19.5 Å². The molecule has 5 rings (SSSR count). The van der Waals surface area contributed by atoms with Crippen LogP contribution in [0, 0.1) is 10.1 Å². The summed E-state index contributed by atoms with van der Waals surface area (Å²) in [7, 11) is 3.03. The smallest absolute Gasteiger partial charge is 0.338 e. The van der Waals surface area contributed by atoms with Gasteiger partial charge in [0.2, 0.25) is 0 Å². The number of hydrogen-bond acceptors (Lipinski definition) is 10.